The first-order chi connectivity index (χ1) is 13.9. The second-order valence-corrected chi connectivity index (χ2v) is 8.32. The highest BCUT2D eigenvalue weighted by molar-refractivity contribution is 6.29. The van der Waals surface area contributed by atoms with Gasteiger partial charge >= 0.3 is 0 Å². The molecule has 0 saturated heterocycles. The van der Waals surface area contributed by atoms with Crippen molar-refractivity contribution in [3.05, 3.63) is 69.9 Å². The van der Waals surface area contributed by atoms with Gasteiger partial charge in [0.1, 0.15) is 11.0 Å². The van der Waals surface area contributed by atoms with Gasteiger partial charge in [0.25, 0.3) is 0 Å². The van der Waals surface area contributed by atoms with Gasteiger partial charge < -0.3 is 10.6 Å². The number of allylic oxidation sites excluding steroid dienone is 6. The van der Waals surface area contributed by atoms with Gasteiger partial charge in [0, 0.05) is 17.4 Å². The minimum Gasteiger partial charge on any atom is -0.379 e. The summed E-state index contributed by atoms with van der Waals surface area (Å²) in [6.07, 6.45) is 10.6. The zero-order valence-electron chi connectivity index (χ0n) is 16.9. The Morgan fingerprint density at radius 2 is 2.14 bits per heavy atom. The molecule has 1 aromatic heterocycles. The van der Waals surface area contributed by atoms with E-state index in [2.05, 4.69) is 38.8 Å². The molecular weight excluding hydrogens is 384 g/mol. The number of aliphatic imine (C=N–C) groups is 1. The summed E-state index contributed by atoms with van der Waals surface area (Å²) in [6, 6.07) is 4.08. The molecular formula is C23H25ClN4O. The van der Waals surface area contributed by atoms with Gasteiger partial charge in [-0.25, -0.2) is 9.98 Å². The largest absolute Gasteiger partial charge is 0.379 e. The number of halogens is 1. The van der Waals surface area contributed by atoms with Crippen molar-refractivity contribution >= 4 is 28.8 Å². The maximum atomic E-state index is 13.2. The van der Waals surface area contributed by atoms with Crippen LogP contribution >= 0.6 is 11.6 Å². The van der Waals surface area contributed by atoms with E-state index in [1.807, 2.05) is 32.9 Å². The van der Waals surface area contributed by atoms with Crippen LogP contribution in [0.5, 0.6) is 0 Å². The molecule has 0 saturated carbocycles. The molecule has 0 aromatic carbocycles. The Kier molecular flexibility index (Phi) is 5.41. The molecule has 5 nitrogen and oxygen atoms in total. The smallest absolute Gasteiger partial charge is 0.191 e. The van der Waals surface area contributed by atoms with Crippen LogP contribution in [-0.4, -0.2) is 22.6 Å². The lowest BCUT2D eigenvalue weighted by atomic mass is 9.82. The number of hydrogen-bond donors (Lipinski definition) is 2. The number of ketones is 1. The molecule has 0 fully saturated rings. The van der Waals surface area contributed by atoms with E-state index in [0.29, 0.717) is 17.3 Å². The number of aromatic nitrogens is 1. The SMILES string of the molecule is Cc1cc(C2=C(C3=CC=CCC3)NC3=NC=C(NC(C)C)C(=O)[C@H]3C2)cc(Cl)n1. The maximum Gasteiger partial charge on any atom is 0.191 e. The fraction of sp³-hybridized carbons (Fsp3) is 0.348. The van der Waals surface area contributed by atoms with E-state index in [-0.39, 0.29) is 17.7 Å². The number of carbonyl (C=O) groups excluding carboxylic acids is 1. The molecule has 3 aliphatic rings. The van der Waals surface area contributed by atoms with E-state index in [1.165, 1.54) is 5.57 Å². The number of hydrogen-bond acceptors (Lipinski definition) is 5. The summed E-state index contributed by atoms with van der Waals surface area (Å²) in [6.45, 7) is 5.96. The highest BCUT2D eigenvalue weighted by atomic mass is 35.5. The van der Waals surface area contributed by atoms with Crippen LogP contribution in [0.15, 0.2) is 58.5 Å². The minimum atomic E-state index is -0.327. The molecule has 2 aliphatic heterocycles. The van der Waals surface area contributed by atoms with Crippen molar-refractivity contribution in [2.75, 3.05) is 0 Å². The fourth-order valence-corrected chi connectivity index (χ4v) is 4.24. The highest BCUT2D eigenvalue weighted by Crippen LogP contribution is 2.37. The molecule has 1 atom stereocenters. The third-order valence-corrected chi connectivity index (χ3v) is 5.45. The standard InChI is InChI=1S/C23H25ClN4O/c1-13(2)26-19-12-25-23-18(22(19)29)11-17(16-9-14(3)27-20(24)10-16)21(28-23)15-7-5-4-6-8-15/h4-5,7,9-10,12-13,18,26H,6,8,11H2,1-3H3,(H,25,28)/t18-/m1/s1. The first kappa shape index (κ1) is 19.6. The van der Waals surface area contributed by atoms with Gasteiger partial charge in [-0.1, -0.05) is 29.8 Å². The number of carbonyl (C=O) groups is 1. The second-order valence-electron chi connectivity index (χ2n) is 7.93. The molecule has 150 valence electrons. The molecule has 1 aromatic rings. The number of amidine groups is 1. The predicted octanol–water partition coefficient (Wildman–Crippen LogP) is 4.46. The van der Waals surface area contributed by atoms with Gasteiger partial charge in [-0.3, -0.25) is 4.79 Å². The van der Waals surface area contributed by atoms with Crippen LogP contribution in [0.25, 0.3) is 5.57 Å². The zero-order chi connectivity index (χ0) is 20.5. The zero-order valence-corrected chi connectivity index (χ0v) is 17.7. The molecule has 1 aliphatic carbocycles. The summed E-state index contributed by atoms with van der Waals surface area (Å²) in [5.41, 5.74) is 5.77. The van der Waals surface area contributed by atoms with Crippen molar-refractivity contribution in [1.82, 2.24) is 15.6 Å². The second kappa shape index (κ2) is 7.99. The van der Waals surface area contributed by atoms with Gasteiger partial charge in [0.2, 0.25) is 0 Å². The van der Waals surface area contributed by atoms with Gasteiger partial charge in [0.05, 0.1) is 17.8 Å². The topological polar surface area (TPSA) is 66.4 Å². The van der Waals surface area contributed by atoms with E-state index in [1.54, 1.807) is 6.20 Å². The Bertz CT molecular complexity index is 993. The Balaban J connectivity index is 1.80. The summed E-state index contributed by atoms with van der Waals surface area (Å²) in [5.74, 6) is 0.463. The number of aryl methyl sites for hydroxylation is 1. The predicted molar refractivity (Wildman–Crippen MR) is 117 cm³/mol. The van der Waals surface area contributed by atoms with Crippen LogP contribution in [0.2, 0.25) is 5.15 Å². The minimum absolute atomic E-state index is 0.0714. The van der Waals surface area contributed by atoms with Crippen molar-refractivity contribution < 1.29 is 4.79 Å². The molecule has 29 heavy (non-hydrogen) atoms. The van der Waals surface area contributed by atoms with Gasteiger partial charge in [-0.15, -0.1) is 0 Å². The summed E-state index contributed by atoms with van der Waals surface area (Å²) in [4.78, 5) is 22.0. The number of Topliss-reactive ketones (excluding diaryl/α,β-unsaturated/α-hetero) is 1. The highest BCUT2D eigenvalue weighted by Gasteiger charge is 2.36. The van der Waals surface area contributed by atoms with E-state index in [0.717, 1.165) is 41.2 Å². The van der Waals surface area contributed by atoms with E-state index >= 15 is 0 Å². The first-order valence-electron chi connectivity index (χ1n) is 10.0. The first-order valence-corrected chi connectivity index (χ1v) is 10.4. The molecule has 4 rings (SSSR count). The van der Waals surface area contributed by atoms with Crippen LogP contribution in [-0.2, 0) is 4.79 Å². The Hall–Kier alpha value is -2.66. The number of pyridine rings is 1. The van der Waals surface area contributed by atoms with Gasteiger partial charge in [0.15, 0.2) is 5.78 Å². The monoisotopic (exact) mass is 408 g/mol. The molecule has 0 unspecified atom stereocenters. The Morgan fingerprint density at radius 1 is 1.31 bits per heavy atom. The van der Waals surface area contributed by atoms with Crippen LogP contribution in [0.4, 0.5) is 0 Å². The normalized spacial score (nSPS) is 21.3. The quantitative estimate of drug-likeness (QED) is 0.722. The number of rotatable bonds is 4. The van der Waals surface area contributed by atoms with Crippen molar-refractivity contribution in [2.45, 2.75) is 46.1 Å². The lowest BCUT2D eigenvalue weighted by Crippen LogP contribution is -2.44. The summed E-state index contributed by atoms with van der Waals surface area (Å²) in [5, 5.41) is 7.17. The molecule has 0 radical (unpaired) electrons. The third kappa shape index (κ3) is 4.06. The van der Waals surface area contributed by atoms with E-state index in [4.69, 9.17) is 11.6 Å². The number of nitrogens with one attached hydrogen (secondary N) is 2. The average Bonchev–Trinajstić information content (AvgIpc) is 2.69. The summed E-state index contributed by atoms with van der Waals surface area (Å²) < 4.78 is 0. The molecule has 0 bridgehead atoms. The molecule has 0 spiro atoms. The van der Waals surface area contributed by atoms with Crippen molar-refractivity contribution in [2.24, 2.45) is 10.9 Å². The molecule has 6 heteroatoms. The van der Waals surface area contributed by atoms with Crippen molar-refractivity contribution in [3.63, 3.8) is 0 Å². The maximum absolute atomic E-state index is 13.2. The Labute approximate surface area is 176 Å². The summed E-state index contributed by atoms with van der Waals surface area (Å²) in [7, 11) is 0. The van der Waals surface area contributed by atoms with Crippen LogP contribution in [0.3, 0.4) is 0 Å². The molecule has 0 amide bonds. The molecule has 3 heterocycles. The average molecular weight is 409 g/mol. The van der Waals surface area contributed by atoms with Crippen LogP contribution < -0.4 is 10.6 Å². The van der Waals surface area contributed by atoms with Crippen LogP contribution in [0, 0.1) is 12.8 Å². The third-order valence-electron chi connectivity index (χ3n) is 5.26. The number of fused-ring (bicyclic) bond motifs is 1. The summed E-state index contributed by atoms with van der Waals surface area (Å²) >= 11 is 6.26. The number of nitrogens with zero attached hydrogens (tertiary/aromatic N) is 2. The lowest BCUT2D eigenvalue weighted by Gasteiger charge is -2.33. The Morgan fingerprint density at radius 3 is 2.83 bits per heavy atom. The lowest BCUT2D eigenvalue weighted by molar-refractivity contribution is -0.117. The fourth-order valence-electron chi connectivity index (χ4n) is 3.99. The van der Waals surface area contributed by atoms with Crippen molar-refractivity contribution in [1.29, 1.82) is 0 Å². The van der Waals surface area contributed by atoms with Gasteiger partial charge in [-0.05, 0) is 68.9 Å². The van der Waals surface area contributed by atoms with Crippen LogP contribution in [0.1, 0.15) is 44.4 Å². The van der Waals surface area contributed by atoms with E-state index in [9.17, 15) is 4.79 Å². The van der Waals surface area contributed by atoms with Gasteiger partial charge in [-0.2, -0.15) is 0 Å². The van der Waals surface area contributed by atoms with E-state index < -0.39 is 0 Å². The van der Waals surface area contributed by atoms with Crippen molar-refractivity contribution in [3.8, 4) is 0 Å². The molecule has 2 N–H and O–H groups in total.